The predicted octanol–water partition coefficient (Wildman–Crippen LogP) is 4.40. The van der Waals surface area contributed by atoms with E-state index in [4.69, 9.17) is 33.3 Å². The maximum Gasteiger partial charge on any atom is 0.171 e. The summed E-state index contributed by atoms with van der Waals surface area (Å²) in [5, 5.41) is 7.56. The van der Waals surface area contributed by atoms with Crippen molar-refractivity contribution in [3.63, 3.8) is 0 Å². The van der Waals surface area contributed by atoms with Gasteiger partial charge in [0.25, 0.3) is 0 Å². The summed E-state index contributed by atoms with van der Waals surface area (Å²) >= 11 is 11.2. The van der Waals surface area contributed by atoms with E-state index in [2.05, 4.69) is 10.6 Å². The molecule has 0 spiro atoms. The third-order valence-electron chi connectivity index (χ3n) is 3.35. The molecule has 0 aliphatic rings. The first-order chi connectivity index (χ1) is 11.0. The van der Waals surface area contributed by atoms with Crippen molar-refractivity contribution in [2.24, 2.45) is 0 Å². The third kappa shape index (κ3) is 4.74. The molecule has 2 aromatic carbocycles. The van der Waals surface area contributed by atoms with E-state index in [1.165, 1.54) is 0 Å². The lowest BCUT2D eigenvalue weighted by molar-refractivity contribution is 0.395. The Morgan fingerprint density at radius 2 is 1.78 bits per heavy atom. The quantitative estimate of drug-likeness (QED) is 0.782. The molecular weight excluding hydrogens is 332 g/mol. The monoisotopic (exact) mass is 350 g/mol. The summed E-state index contributed by atoms with van der Waals surface area (Å²) < 4.78 is 10.7. The number of nitrogens with one attached hydrogen (secondary N) is 2. The highest BCUT2D eigenvalue weighted by Gasteiger charge is 2.14. The maximum atomic E-state index is 5.87. The zero-order chi connectivity index (χ0) is 16.8. The van der Waals surface area contributed by atoms with E-state index in [-0.39, 0.29) is 6.04 Å². The van der Waals surface area contributed by atoms with E-state index in [0.29, 0.717) is 10.1 Å². The normalized spacial score (nSPS) is 11.5. The first kappa shape index (κ1) is 17.4. The topological polar surface area (TPSA) is 42.5 Å². The SMILES string of the molecule is COc1ccc(OC)c([C@H](C)NC(=S)Nc2ccc(Cl)cc2)c1. The fourth-order valence-electron chi connectivity index (χ4n) is 2.15. The lowest BCUT2D eigenvalue weighted by Crippen LogP contribution is -2.31. The van der Waals surface area contributed by atoms with Crippen LogP contribution in [0.25, 0.3) is 0 Å². The summed E-state index contributed by atoms with van der Waals surface area (Å²) in [6, 6.07) is 13.0. The van der Waals surface area contributed by atoms with Crippen LogP contribution in [-0.4, -0.2) is 19.3 Å². The van der Waals surface area contributed by atoms with Gasteiger partial charge in [-0.25, -0.2) is 0 Å². The van der Waals surface area contributed by atoms with E-state index < -0.39 is 0 Å². The van der Waals surface area contributed by atoms with Crippen LogP contribution in [0.5, 0.6) is 11.5 Å². The van der Waals surface area contributed by atoms with Crippen molar-refractivity contribution in [3.8, 4) is 11.5 Å². The molecule has 0 amide bonds. The molecular formula is C17H19ClN2O2S. The summed E-state index contributed by atoms with van der Waals surface area (Å²) in [5.41, 5.74) is 1.84. The van der Waals surface area contributed by atoms with Gasteiger partial charge in [0, 0.05) is 16.3 Å². The predicted molar refractivity (Wildman–Crippen MR) is 98.8 cm³/mol. The van der Waals surface area contributed by atoms with Gasteiger partial charge in [0.05, 0.1) is 20.3 Å². The van der Waals surface area contributed by atoms with Crippen LogP contribution in [0.15, 0.2) is 42.5 Å². The van der Waals surface area contributed by atoms with Crippen LogP contribution < -0.4 is 20.1 Å². The molecule has 0 unspecified atom stereocenters. The van der Waals surface area contributed by atoms with Gasteiger partial charge < -0.3 is 20.1 Å². The second-order valence-corrected chi connectivity index (χ2v) is 5.78. The summed E-state index contributed by atoms with van der Waals surface area (Å²) in [7, 11) is 3.28. The molecule has 0 saturated carbocycles. The second kappa shape index (κ2) is 8.04. The number of anilines is 1. The molecule has 0 fully saturated rings. The molecule has 0 saturated heterocycles. The minimum absolute atomic E-state index is 0.0487. The molecule has 0 aliphatic heterocycles. The number of methoxy groups -OCH3 is 2. The fraction of sp³-hybridized carbons (Fsp3) is 0.235. The Bertz CT molecular complexity index is 677. The van der Waals surface area contributed by atoms with Crippen molar-refractivity contribution >= 4 is 34.6 Å². The first-order valence-corrected chi connectivity index (χ1v) is 7.87. The van der Waals surface area contributed by atoms with Gasteiger partial charge in [-0.05, 0) is 61.6 Å². The third-order valence-corrected chi connectivity index (χ3v) is 3.82. The van der Waals surface area contributed by atoms with Gasteiger partial charge in [0.2, 0.25) is 0 Å². The molecule has 0 aromatic heterocycles. The van der Waals surface area contributed by atoms with Gasteiger partial charge in [0.1, 0.15) is 11.5 Å². The standard InChI is InChI=1S/C17H19ClN2O2S/c1-11(15-10-14(21-2)8-9-16(15)22-3)19-17(23)20-13-6-4-12(18)5-7-13/h4-11H,1-3H3,(H2,19,20,23)/t11-/m0/s1. The Hall–Kier alpha value is -1.98. The van der Waals surface area contributed by atoms with Gasteiger partial charge in [-0.15, -0.1) is 0 Å². The van der Waals surface area contributed by atoms with E-state index in [0.717, 1.165) is 22.7 Å². The second-order valence-electron chi connectivity index (χ2n) is 4.93. The molecule has 2 N–H and O–H groups in total. The molecule has 1 atom stereocenters. The molecule has 0 radical (unpaired) electrons. The molecule has 122 valence electrons. The molecule has 4 nitrogen and oxygen atoms in total. The summed E-state index contributed by atoms with van der Waals surface area (Å²) in [6.45, 7) is 2.01. The minimum Gasteiger partial charge on any atom is -0.497 e. The number of ether oxygens (including phenoxy) is 2. The zero-order valence-corrected chi connectivity index (χ0v) is 14.8. The number of halogens is 1. The maximum absolute atomic E-state index is 5.87. The molecule has 2 aromatic rings. The lowest BCUT2D eigenvalue weighted by atomic mass is 10.1. The van der Waals surface area contributed by atoms with Crippen molar-refractivity contribution in [2.45, 2.75) is 13.0 Å². The number of hydrogen-bond acceptors (Lipinski definition) is 3. The van der Waals surface area contributed by atoms with Gasteiger partial charge in [-0.3, -0.25) is 0 Å². The Morgan fingerprint density at radius 1 is 1.09 bits per heavy atom. The Labute approximate surface area is 146 Å². The zero-order valence-electron chi connectivity index (χ0n) is 13.2. The minimum atomic E-state index is -0.0487. The summed E-state index contributed by atoms with van der Waals surface area (Å²) in [6.07, 6.45) is 0. The van der Waals surface area contributed by atoms with Gasteiger partial charge in [-0.2, -0.15) is 0 Å². The summed E-state index contributed by atoms with van der Waals surface area (Å²) in [5.74, 6) is 1.55. The van der Waals surface area contributed by atoms with Crippen LogP contribution in [0.3, 0.4) is 0 Å². The molecule has 23 heavy (non-hydrogen) atoms. The van der Waals surface area contributed by atoms with Crippen molar-refractivity contribution in [2.75, 3.05) is 19.5 Å². The van der Waals surface area contributed by atoms with Crippen LogP contribution in [0.1, 0.15) is 18.5 Å². The van der Waals surface area contributed by atoms with Crippen molar-refractivity contribution in [1.82, 2.24) is 5.32 Å². The number of hydrogen-bond donors (Lipinski definition) is 2. The van der Waals surface area contributed by atoms with Crippen LogP contribution in [0.4, 0.5) is 5.69 Å². The van der Waals surface area contributed by atoms with Gasteiger partial charge >= 0.3 is 0 Å². The Kier molecular flexibility index (Phi) is 6.07. The van der Waals surface area contributed by atoms with Crippen LogP contribution in [0, 0.1) is 0 Å². The Balaban J connectivity index is 2.07. The highest BCUT2D eigenvalue weighted by atomic mass is 35.5. The smallest absolute Gasteiger partial charge is 0.171 e. The average Bonchev–Trinajstić information content (AvgIpc) is 2.56. The van der Waals surface area contributed by atoms with E-state index in [9.17, 15) is 0 Å². The highest BCUT2D eigenvalue weighted by Crippen LogP contribution is 2.29. The van der Waals surface area contributed by atoms with E-state index in [1.54, 1.807) is 26.4 Å². The van der Waals surface area contributed by atoms with Crippen LogP contribution in [0.2, 0.25) is 5.02 Å². The average molecular weight is 351 g/mol. The Morgan fingerprint density at radius 3 is 2.39 bits per heavy atom. The van der Waals surface area contributed by atoms with Crippen molar-refractivity contribution in [1.29, 1.82) is 0 Å². The van der Waals surface area contributed by atoms with Gasteiger partial charge in [-0.1, -0.05) is 11.6 Å². The molecule has 0 heterocycles. The lowest BCUT2D eigenvalue weighted by Gasteiger charge is -2.20. The van der Waals surface area contributed by atoms with Crippen molar-refractivity contribution in [3.05, 3.63) is 53.1 Å². The van der Waals surface area contributed by atoms with Crippen LogP contribution in [-0.2, 0) is 0 Å². The van der Waals surface area contributed by atoms with Crippen LogP contribution >= 0.6 is 23.8 Å². The first-order valence-electron chi connectivity index (χ1n) is 7.08. The molecule has 6 heteroatoms. The largest absolute Gasteiger partial charge is 0.497 e. The number of rotatable bonds is 5. The highest BCUT2D eigenvalue weighted by molar-refractivity contribution is 7.80. The summed E-state index contributed by atoms with van der Waals surface area (Å²) in [4.78, 5) is 0. The van der Waals surface area contributed by atoms with Gasteiger partial charge in [0.15, 0.2) is 5.11 Å². The number of benzene rings is 2. The van der Waals surface area contributed by atoms with E-state index in [1.807, 2.05) is 37.3 Å². The molecule has 0 bridgehead atoms. The molecule has 0 aliphatic carbocycles. The fourth-order valence-corrected chi connectivity index (χ4v) is 2.57. The molecule has 2 rings (SSSR count). The number of thiocarbonyl (C=S) groups is 1. The van der Waals surface area contributed by atoms with Crippen molar-refractivity contribution < 1.29 is 9.47 Å². The van der Waals surface area contributed by atoms with E-state index >= 15 is 0 Å².